The zero-order valence-electron chi connectivity index (χ0n) is 13.8. The summed E-state index contributed by atoms with van der Waals surface area (Å²) in [4.78, 5) is 8.14. The van der Waals surface area contributed by atoms with Crippen LogP contribution in [-0.2, 0) is 13.0 Å². The number of aliphatic imine (C=N–C) groups is 1. The predicted octanol–water partition coefficient (Wildman–Crippen LogP) is 3.33. The number of aromatic nitrogens is 2. The molecule has 1 aromatic heterocycles. The van der Waals surface area contributed by atoms with Crippen molar-refractivity contribution in [3.63, 3.8) is 0 Å². The third-order valence-corrected chi connectivity index (χ3v) is 3.28. The van der Waals surface area contributed by atoms with E-state index >= 15 is 0 Å². The van der Waals surface area contributed by atoms with Gasteiger partial charge in [0.25, 0.3) is 0 Å². The topological polar surface area (TPSA) is 54.2 Å². The Hall–Kier alpha value is -1.78. The first-order valence-corrected chi connectivity index (χ1v) is 7.66. The number of hydrogen-bond donors (Lipinski definition) is 2. The Morgan fingerprint density at radius 3 is 2.80 bits per heavy atom. The highest BCUT2D eigenvalue weighted by Gasteiger charge is 2.10. The molecule has 0 aliphatic rings. The Morgan fingerprint density at radius 2 is 2.12 bits per heavy atom. The van der Waals surface area contributed by atoms with Crippen LogP contribution in [0.2, 0.25) is 0 Å². The van der Waals surface area contributed by atoms with Gasteiger partial charge in [-0.2, -0.15) is 8.78 Å². The summed E-state index contributed by atoms with van der Waals surface area (Å²) in [6.45, 7) is 0.477. The van der Waals surface area contributed by atoms with Gasteiger partial charge in [0.1, 0.15) is 18.2 Å². The second kappa shape index (κ2) is 11.0. The molecule has 2 rings (SSSR count). The minimum absolute atomic E-state index is 0. The van der Waals surface area contributed by atoms with Gasteiger partial charge in [0, 0.05) is 25.5 Å². The third-order valence-electron chi connectivity index (χ3n) is 3.28. The Balaban J connectivity index is 0.00000312. The summed E-state index contributed by atoms with van der Waals surface area (Å²) in [6.07, 6.45) is 3.16. The highest BCUT2D eigenvalue weighted by Crippen LogP contribution is 2.12. The fourth-order valence-electron chi connectivity index (χ4n) is 2.15. The Bertz CT molecular complexity index is 675. The summed E-state index contributed by atoms with van der Waals surface area (Å²) in [7, 11) is 0. The molecule has 0 bridgehead atoms. The lowest BCUT2D eigenvalue weighted by atomic mass is 10.1. The molecule has 0 unspecified atom stereocenters. The number of nitrogens with one attached hydrogen (secondary N) is 2. The number of nitrogens with zero attached hydrogens (tertiary/aromatic N) is 3. The molecule has 5 nitrogen and oxygen atoms in total. The quantitative estimate of drug-likeness (QED) is 0.373. The maximum atomic E-state index is 13.1. The zero-order valence-corrected chi connectivity index (χ0v) is 16.1. The van der Waals surface area contributed by atoms with E-state index in [4.69, 9.17) is 0 Å². The van der Waals surface area contributed by atoms with Gasteiger partial charge in [0.05, 0.1) is 0 Å². The largest absolute Gasteiger partial charge is 0.357 e. The molecule has 25 heavy (non-hydrogen) atoms. The van der Waals surface area contributed by atoms with Crippen molar-refractivity contribution in [2.75, 3.05) is 13.1 Å². The van der Waals surface area contributed by atoms with E-state index in [0.29, 0.717) is 25.5 Å². The van der Waals surface area contributed by atoms with E-state index in [2.05, 4.69) is 20.6 Å². The van der Waals surface area contributed by atoms with Crippen molar-refractivity contribution < 1.29 is 13.2 Å². The smallest absolute Gasteiger partial charge is 0.319 e. The van der Waals surface area contributed by atoms with E-state index in [0.717, 1.165) is 10.1 Å². The van der Waals surface area contributed by atoms with Crippen molar-refractivity contribution in [3.8, 4) is 0 Å². The van der Waals surface area contributed by atoms with E-state index in [1.54, 1.807) is 6.07 Å². The molecule has 0 saturated carbocycles. The lowest BCUT2D eigenvalue weighted by Crippen LogP contribution is -2.38. The van der Waals surface area contributed by atoms with Crippen molar-refractivity contribution in [2.45, 2.75) is 26.4 Å². The van der Waals surface area contributed by atoms with Crippen molar-refractivity contribution in [1.29, 1.82) is 0 Å². The molecular formula is C16H21F3IN5. The first-order chi connectivity index (χ1) is 11.6. The number of halogens is 4. The summed E-state index contributed by atoms with van der Waals surface area (Å²) >= 11 is 0. The number of imidazole rings is 1. The van der Waals surface area contributed by atoms with Gasteiger partial charge in [-0.25, -0.2) is 14.4 Å². The second-order valence-corrected chi connectivity index (χ2v) is 5.03. The highest BCUT2D eigenvalue weighted by molar-refractivity contribution is 14.0. The summed E-state index contributed by atoms with van der Waals surface area (Å²) in [5.41, 5.74) is 0.867. The summed E-state index contributed by atoms with van der Waals surface area (Å²) in [5.74, 6) is 0.414. The molecule has 1 aromatic carbocycles. The lowest BCUT2D eigenvalue weighted by Gasteiger charge is -2.11. The van der Waals surface area contributed by atoms with Crippen LogP contribution in [0.1, 0.15) is 24.9 Å². The van der Waals surface area contributed by atoms with Gasteiger partial charge in [-0.3, -0.25) is 4.57 Å². The van der Waals surface area contributed by atoms with Crippen LogP contribution < -0.4 is 10.6 Å². The number of alkyl halides is 2. The molecule has 0 aliphatic heterocycles. The highest BCUT2D eigenvalue weighted by atomic mass is 127. The molecule has 0 atom stereocenters. The van der Waals surface area contributed by atoms with Crippen LogP contribution in [0.5, 0.6) is 0 Å². The van der Waals surface area contributed by atoms with Crippen LogP contribution in [0.4, 0.5) is 13.2 Å². The van der Waals surface area contributed by atoms with Crippen LogP contribution in [-0.4, -0.2) is 28.6 Å². The van der Waals surface area contributed by atoms with E-state index in [1.807, 2.05) is 13.0 Å². The van der Waals surface area contributed by atoms with Crippen LogP contribution >= 0.6 is 24.0 Å². The zero-order chi connectivity index (χ0) is 17.4. The average Bonchev–Trinajstić information content (AvgIpc) is 3.01. The molecule has 0 saturated heterocycles. The molecule has 0 radical (unpaired) electrons. The number of hydrogen-bond acceptors (Lipinski definition) is 2. The molecule has 138 valence electrons. The second-order valence-electron chi connectivity index (χ2n) is 5.03. The molecule has 0 fully saturated rings. The molecule has 2 N–H and O–H groups in total. The van der Waals surface area contributed by atoms with Crippen molar-refractivity contribution in [2.24, 2.45) is 4.99 Å². The van der Waals surface area contributed by atoms with Crippen molar-refractivity contribution in [3.05, 3.63) is 53.9 Å². The maximum Gasteiger partial charge on any atom is 0.319 e. The predicted molar refractivity (Wildman–Crippen MR) is 102 cm³/mol. The first kappa shape index (κ1) is 21.3. The number of benzene rings is 1. The van der Waals surface area contributed by atoms with E-state index < -0.39 is 6.55 Å². The fourth-order valence-corrected chi connectivity index (χ4v) is 2.15. The lowest BCUT2D eigenvalue weighted by molar-refractivity contribution is 0.0671. The standard InChI is InChI=1S/C16H20F3N5.HI/c1-2-20-16(22-7-6-12-4-3-5-13(17)10-12)23-11-14-21-8-9-24(14)15(18)19;/h3-5,8-10,15H,2,6-7,11H2,1H3,(H2,20,22,23);1H. The third kappa shape index (κ3) is 6.92. The van der Waals surface area contributed by atoms with E-state index in [-0.39, 0.29) is 42.2 Å². The van der Waals surface area contributed by atoms with Crippen LogP contribution in [0.3, 0.4) is 0 Å². The fraction of sp³-hybridized carbons (Fsp3) is 0.375. The number of rotatable bonds is 7. The minimum atomic E-state index is -2.64. The summed E-state index contributed by atoms with van der Waals surface area (Å²) in [6, 6.07) is 6.38. The summed E-state index contributed by atoms with van der Waals surface area (Å²) < 4.78 is 39.4. The van der Waals surface area contributed by atoms with Gasteiger partial charge in [0.2, 0.25) is 0 Å². The molecule has 1 heterocycles. The molecule has 0 amide bonds. The number of guanidine groups is 1. The van der Waals surface area contributed by atoms with Gasteiger partial charge in [-0.15, -0.1) is 24.0 Å². The van der Waals surface area contributed by atoms with Gasteiger partial charge in [-0.05, 0) is 31.0 Å². The Morgan fingerprint density at radius 1 is 1.32 bits per heavy atom. The maximum absolute atomic E-state index is 13.1. The van der Waals surface area contributed by atoms with Crippen LogP contribution in [0.25, 0.3) is 0 Å². The van der Waals surface area contributed by atoms with Crippen LogP contribution in [0, 0.1) is 5.82 Å². The Kier molecular flexibility index (Phi) is 9.32. The molecular weight excluding hydrogens is 446 g/mol. The van der Waals surface area contributed by atoms with Gasteiger partial charge >= 0.3 is 6.55 Å². The van der Waals surface area contributed by atoms with E-state index in [9.17, 15) is 13.2 Å². The SMILES string of the molecule is CCNC(=NCc1nccn1C(F)F)NCCc1cccc(F)c1.I. The van der Waals surface area contributed by atoms with Crippen molar-refractivity contribution >= 4 is 29.9 Å². The van der Waals surface area contributed by atoms with Crippen LogP contribution in [0.15, 0.2) is 41.7 Å². The van der Waals surface area contributed by atoms with Crippen molar-refractivity contribution in [1.82, 2.24) is 20.2 Å². The molecule has 0 spiro atoms. The first-order valence-electron chi connectivity index (χ1n) is 7.66. The van der Waals surface area contributed by atoms with Gasteiger partial charge in [0.15, 0.2) is 5.96 Å². The molecule has 2 aromatic rings. The van der Waals surface area contributed by atoms with Gasteiger partial charge in [-0.1, -0.05) is 12.1 Å². The monoisotopic (exact) mass is 467 g/mol. The Labute approximate surface area is 161 Å². The summed E-state index contributed by atoms with van der Waals surface area (Å²) in [5, 5.41) is 6.12. The normalized spacial score (nSPS) is 11.3. The molecule has 0 aliphatic carbocycles. The minimum Gasteiger partial charge on any atom is -0.357 e. The molecule has 9 heteroatoms. The average molecular weight is 467 g/mol. The van der Waals surface area contributed by atoms with Gasteiger partial charge < -0.3 is 10.6 Å². The van der Waals surface area contributed by atoms with E-state index in [1.165, 1.54) is 24.5 Å².